The summed E-state index contributed by atoms with van der Waals surface area (Å²) in [6.45, 7) is 27.2. The average Bonchev–Trinajstić information content (AvgIpc) is 3.57. The maximum atomic E-state index is 12.7. The van der Waals surface area contributed by atoms with Gasteiger partial charge in [-0.3, -0.25) is 4.79 Å². The molecule has 2 amide bonds. The van der Waals surface area contributed by atoms with Gasteiger partial charge in [0.25, 0.3) is 0 Å². The van der Waals surface area contributed by atoms with Gasteiger partial charge in [-0.2, -0.15) is 0 Å². The van der Waals surface area contributed by atoms with Crippen molar-refractivity contribution in [1.82, 2.24) is 15.5 Å². The van der Waals surface area contributed by atoms with Crippen LogP contribution in [0.3, 0.4) is 0 Å². The number of alkyl carbamates (subject to hydrolysis) is 1. The molecule has 10 heteroatoms. The van der Waals surface area contributed by atoms with E-state index in [0.29, 0.717) is 30.5 Å². The molecule has 0 heterocycles. The summed E-state index contributed by atoms with van der Waals surface area (Å²) < 4.78 is 11.3. The molecule has 4 aliphatic rings. The molecule has 10 nitrogen and oxygen atoms in total. The fourth-order valence-corrected chi connectivity index (χ4v) is 12.6. The summed E-state index contributed by atoms with van der Waals surface area (Å²) in [7, 11) is 0. The number of allylic oxidation sites excluding steroid dienone is 1. The van der Waals surface area contributed by atoms with Gasteiger partial charge in [0.15, 0.2) is 0 Å². The van der Waals surface area contributed by atoms with Crippen LogP contribution < -0.4 is 16.4 Å². The third kappa shape index (κ3) is 18.9. The quantitative estimate of drug-likeness (QED) is 0.0403. The second-order valence-corrected chi connectivity index (χ2v) is 23.9. The van der Waals surface area contributed by atoms with E-state index in [1.807, 2.05) is 41.5 Å². The van der Waals surface area contributed by atoms with E-state index >= 15 is 0 Å². The number of rotatable bonds is 25. The highest BCUT2D eigenvalue weighted by molar-refractivity contribution is 5.72. The molecule has 0 saturated heterocycles. The minimum atomic E-state index is -0.819. The van der Waals surface area contributed by atoms with E-state index in [-0.39, 0.29) is 23.7 Å². The van der Waals surface area contributed by atoms with Crippen LogP contribution in [0.4, 0.5) is 9.59 Å². The van der Waals surface area contributed by atoms with Crippen molar-refractivity contribution in [3.63, 3.8) is 0 Å². The molecule has 4 rings (SSSR count). The first-order valence-electron chi connectivity index (χ1n) is 26.9. The predicted octanol–water partition coefficient (Wildman–Crippen LogP) is 13.5. The van der Waals surface area contributed by atoms with Crippen molar-refractivity contribution in [2.75, 3.05) is 32.7 Å². The van der Waals surface area contributed by atoms with Crippen LogP contribution in [-0.2, 0) is 14.3 Å². The molecule has 65 heavy (non-hydrogen) atoms. The zero-order chi connectivity index (χ0) is 48.3. The van der Waals surface area contributed by atoms with Crippen molar-refractivity contribution in [2.45, 2.75) is 241 Å². The summed E-state index contributed by atoms with van der Waals surface area (Å²) >= 11 is 0. The van der Waals surface area contributed by atoms with Gasteiger partial charge in [-0.25, -0.2) is 9.59 Å². The third-order valence-electron chi connectivity index (χ3n) is 16.2. The van der Waals surface area contributed by atoms with Gasteiger partial charge in [0.05, 0.1) is 6.54 Å². The summed E-state index contributed by atoms with van der Waals surface area (Å²) in [6.07, 6.45) is 29.1. The summed E-state index contributed by atoms with van der Waals surface area (Å²) in [4.78, 5) is 37.0. The Morgan fingerprint density at radius 3 is 2.05 bits per heavy atom. The lowest BCUT2D eigenvalue weighted by atomic mass is 9.47. The van der Waals surface area contributed by atoms with Gasteiger partial charge >= 0.3 is 18.2 Å². The molecule has 0 radical (unpaired) electrons. The molecule has 8 atom stereocenters. The van der Waals surface area contributed by atoms with E-state index in [1.54, 1.807) is 5.57 Å². The summed E-state index contributed by atoms with van der Waals surface area (Å²) in [6, 6.07) is 0. The van der Waals surface area contributed by atoms with Crippen LogP contribution in [-0.4, -0.2) is 78.1 Å². The van der Waals surface area contributed by atoms with Crippen molar-refractivity contribution in [3.8, 4) is 0 Å². The van der Waals surface area contributed by atoms with Crippen molar-refractivity contribution >= 4 is 18.2 Å². The highest BCUT2D eigenvalue weighted by Gasteiger charge is 2.59. The number of hydrogen-bond donors (Lipinski definition) is 4. The van der Waals surface area contributed by atoms with Crippen molar-refractivity contribution in [3.05, 3.63) is 11.6 Å². The van der Waals surface area contributed by atoms with E-state index in [4.69, 9.17) is 20.3 Å². The fraction of sp³-hybridized carbons (Fsp3) is 0.909. The number of amides is 2. The molecular weight excluding hydrogens is 813 g/mol. The van der Waals surface area contributed by atoms with E-state index in [1.165, 1.54) is 88.4 Å². The number of ether oxygens (including phenoxy) is 2. The van der Waals surface area contributed by atoms with E-state index in [2.05, 4.69) is 51.3 Å². The maximum absolute atomic E-state index is 12.7. The second kappa shape index (κ2) is 27.6. The van der Waals surface area contributed by atoms with Crippen molar-refractivity contribution in [1.29, 1.82) is 0 Å². The maximum Gasteiger partial charge on any atom is 0.407 e. The number of nitrogens with two attached hydrogens (primary N) is 1. The van der Waals surface area contributed by atoms with Crippen LogP contribution >= 0.6 is 0 Å². The zero-order valence-electron chi connectivity index (χ0n) is 43.9. The average molecular weight is 915 g/mol. The first-order valence-corrected chi connectivity index (χ1v) is 26.9. The second-order valence-electron chi connectivity index (χ2n) is 23.9. The Hall–Kier alpha value is -2.33. The van der Waals surface area contributed by atoms with Gasteiger partial charge in [0, 0.05) is 25.0 Å². The van der Waals surface area contributed by atoms with Crippen LogP contribution in [0.25, 0.3) is 0 Å². The van der Waals surface area contributed by atoms with Gasteiger partial charge in [-0.05, 0) is 172 Å². The van der Waals surface area contributed by atoms with E-state index < -0.39 is 11.7 Å². The van der Waals surface area contributed by atoms with E-state index in [9.17, 15) is 14.4 Å². The lowest BCUT2D eigenvalue weighted by Crippen LogP contribution is -2.51. The highest BCUT2D eigenvalue weighted by Crippen LogP contribution is 2.67. The lowest BCUT2D eigenvalue weighted by Gasteiger charge is -2.58. The molecule has 0 bridgehead atoms. The molecule has 4 aliphatic carbocycles. The van der Waals surface area contributed by atoms with Gasteiger partial charge in [0.2, 0.25) is 0 Å². The molecule has 0 unspecified atom stereocenters. The number of hydrogen-bond acceptors (Lipinski definition) is 7. The summed E-state index contributed by atoms with van der Waals surface area (Å²) in [5.41, 5.74) is 7.09. The highest BCUT2D eigenvalue weighted by atomic mass is 16.6. The smallest absolute Gasteiger partial charge is 0.407 e. The molecule has 3 saturated carbocycles. The first-order chi connectivity index (χ1) is 30.6. The first kappa shape index (κ1) is 57.0. The number of nitrogens with zero attached hydrogens (tertiary/aromatic N) is 1. The van der Waals surface area contributed by atoms with Crippen molar-refractivity contribution < 1.29 is 29.0 Å². The Bertz CT molecular complexity index is 1440. The molecule has 0 aromatic rings. The summed E-state index contributed by atoms with van der Waals surface area (Å²) in [5, 5.41) is 15.2. The molecule has 0 spiro atoms. The number of nitrogens with one attached hydrogen (secondary N) is 2. The number of carbonyl (C=O) groups excluding carboxylic acids is 2. The Morgan fingerprint density at radius 1 is 0.800 bits per heavy atom. The number of carboxylic acid groups (broad SMARTS) is 1. The molecule has 378 valence electrons. The van der Waals surface area contributed by atoms with Gasteiger partial charge < -0.3 is 35.8 Å². The minimum absolute atomic E-state index is 0.0383. The number of unbranched alkanes of at least 4 members (excludes halogenated alkanes) is 10. The topological polar surface area (TPSA) is 143 Å². The molecular formula is C55H102N4O6. The van der Waals surface area contributed by atoms with Gasteiger partial charge in [0.1, 0.15) is 11.7 Å². The molecule has 0 aliphatic heterocycles. The molecule has 5 N–H and O–H groups in total. The fourth-order valence-electron chi connectivity index (χ4n) is 12.6. The van der Waals surface area contributed by atoms with E-state index in [0.717, 1.165) is 113 Å². The van der Waals surface area contributed by atoms with Gasteiger partial charge in [-0.15, -0.1) is 0 Å². The Labute approximate surface area is 398 Å². The Balaban J connectivity index is 0.000000558. The zero-order valence-corrected chi connectivity index (χ0v) is 43.9. The lowest BCUT2D eigenvalue weighted by molar-refractivity contribution is -0.150. The van der Waals surface area contributed by atoms with Crippen LogP contribution in [0.2, 0.25) is 0 Å². The largest absolute Gasteiger partial charge is 0.465 e. The number of fused-ring (bicyclic) bond motifs is 5. The van der Waals surface area contributed by atoms with Crippen LogP contribution in [0, 0.1) is 46.3 Å². The van der Waals surface area contributed by atoms with Crippen LogP contribution in [0.15, 0.2) is 11.6 Å². The Kier molecular flexibility index (Phi) is 24.2. The molecule has 0 aromatic carbocycles. The minimum Gasteiger partial charge on any atom is -0.465 e. The van der Waals surface area contributed by atoms with Crippen molar-refractivity contribution in [2.24, 2.45) is 52.1 Å². The number of carbonyl (C=O) groups is 3. The monoisotopic (exact) mass is 915 g/mol. The predicted molar refractivity (Wildman–Crippen MR) is 269 cm³/mol. The molecule has 0 aromatic heterocycles. The summed E-state index contributed by atoms with van der Waals surface area (Å²) in [5.74, 6) is 5.03. The van der Waals surface area contributed by atoms with Gasteiger partial charge in [-0.1, -0.05) is 117 Å². The standard InChI is InChI=1S/C42H74N2O4.C13H28N2O2/c1-30(2)16-15-17-31(3)35-20-21-36-34-19-18-32-28-33(22-24-41(32,7)37(34)23-25-42(35,36)8)47-38(45)29-43-26-13-11-9-10-12-14-27-44-39(46)48-40(4,5)6;1-13(2,3)15(12(16)17)11-9-7-5-4-6-8-10-14/h18,30-31,33-37,43H,9-17,19-29H2,1-8H3,(H,44,46);4-11,14H2,1-3H3,(H,16,17)/t31-,33+,34+,35-,36+,37+,41+,42-;/m1./s1. The SMILES string of the molecule is CC(C)(C)N(CCCCCCCCN)C(=O)O.CC(C)CCC[C@@H](C)[C@H]1CC[C@H]2[C@@H]3CC=C4C[C@@H](OC(=O)CNCCCCCCCCNC(=O)OC(C)(C)C)CC[C@]4(C)[C@H]3CC[C@]12C. The molecule has 3 fully saturated rings. The third-order valence-corrected chi connectivity index (χ3v) is 16.2. The Morgan fingerprint density at radius 2 is 1.43 bits per heavy atom. The number of esters is 1. The normalized spacial score (nSPS) is 26.7. The van der Waals surface area contributed by atoms with Crippen LogP contribution in [0.5, 0.6) is 0 Å². The van der Waals surface area contributed by atoms with Crippen LogP contribution in [0.1, 0.15) is 224 Å².